The van der Waals surface area contributed by atoms with Crippen LogP contribution in [0.2, 0.25) is 5.02 Å². The van der Waals surface area contributed by atoms with Gasteiger partial charge in [0.2, 0.25) is 0 Å². The van der Waals surface area contributed by atoms with E-state index >= 15 is 0 Å². The molecule has 0 saturated carbocycles. The molecule has 0 radical (unpaired) electrons. The first-order chi connectivity index (χ1) is 18.0. The third-order valence-corrected chi connectivity index (χ3v) is 6.85. The first-order valence-electron chi connectivity index (χ1n) is 11.9. The van der Waals surface area contributed by atoms with E-state index in [1.54, 1.807) is 24.3 Å². The molecule has 0 unspecified atom stereocenters. The molecule has 2 amide bonds. The molecule has 1 saturated heterocycles. The van der Waals surface area contributed by atoms with E-state index < -0.39 is 5.54 Å². The number of hydrogen-bond donors (Lipinski definition) is 3. The number of nitrogens with one attached hydrogen (secondary N) is 3. The molecular weight excluding hydrogens is 484 g/mol. The molecular formula is C30H25ClN4O2. The van der Waals surface area contributed by atoms with Crippen molar-refractivity contribution in [1.29, 1.82) is 5.41 Å². The maximum Gasteiger partial charge on any atom is 0.264 e. The van der Waals surface area contributed by atoms with Crippen molar-refractivity contribution in [2.45, 2.75) is 18.6 Å². The Bertz CT molecular complexity index is 1420. The average Bonchev–Trinajstić information content (AvgIpc) is 3.19. The molecule has 5 rings (SSSR count). The molecule has 1 fully saturated rings. The van der Waals surface area contributed by atoms with Gasteiger partial charge < -0.3 is 10.6 Å². The van der Waals surface area contributed by atoms with Crippen LogP contribution in [0.5, 0.6) is 0 Å². The van der Waals surface area contributed by atoms with Gasteiger partial charge in [-0.2, -0.15) is 0 Å². The molecule has 6 nitrogen and oxygen atoms in total. The Balaban J connectivity index is 1.38. The second kappa shape index (κ2) is 10.3. The topological polar surface area (TPSA) is 85.3 Å². The van der Waals surface area contributed by atoms with Crippen LogP contribution in [0, 0.1) is 5.41 Å². The Morgan fingerprint density at radius 1 is 0.865 bits per heavy atom. The highest BCUT2D eigenvalue weighted by Gasteiger charge is 2.52. The largest absolute Gasteiger partial charge is 0.348 e. The number of nitrogens with zero attached hydrogens (tertiary/aromatic N) is 1. The second-order valence-corrected chi connectivity index (χ2v) is 9.23. The van der Waals surface area contributed by atoms with Crippen molar-refractivity contribution < 1.29 is 9.59 Å². The molecule has 4 aromatic rings. The summed E-state index contributed by atoms with van der Waals surface area (Å²) in [7, 11) is 0. The van der Waals surface area contributed by atoms with Gasteiger partial charge in [0.1, 0.15) is 0 Å². The standard InChI is InChI=1S/C30H25ClN4O2/c31-26-17-8-7-11-23(26)19-33-27(36)22-12-9-10-21(18-22)20-35-28(37)30(34-29(35)32,24-13-3-1-4-14-24)25-15-5-2-6-16-25/h1-18H,19-20H2,(H2,32,34)(H,33,36). The van der Waals surface area contributed by atoms with Gasteiger partial charge in [0.15, 0.2) is 11.5 Å². The number of guanidine groups is 1. The Hall–Kier alpha value is -4.42. The van der Waals surface area contributed by atoms with Crippen LogP contribution in [-0.4, -0.2) is 22.7 Å². The van der Waals surface area contributed by atoms with Crippen LogP contribution >= 0.6 is 11.6 Å². The van der Waals surface area contributed by atoms with Crippen LogP contribution in [0.3, 0.4) is 0 Å². The normalized spacial score (nSPS) is 14.4. The van der Waals surface area contributed by atoms with Crippen molar-refractivity contribution in [3.8, 4) is 0 Å². The monoisotopic (exact) mass is 508 g/mol. The summed E-state index contributed by atoms with van der Waals surface area (Å²) in [5.74, 6) is -0.486. The fourth-order valence-electron chi connectivity index (χ4n) is 4.60. The number of hydrogen-bond acceptors (Lipinski definition) is 3. The Kier molecular flexibility index (Phi) is 6.75. The molecule has 0 aromatic heterocycles. The summed E-state index contributed by atoms with van der Waals surface area (Å²) in [6, 6.07) is 33.3. The van der Waals surface area contributed by atoms with Crippen LogP contribution in [0.15, 0.2) is 109 Å². The molecule has 1 heterocycles. The van der Waals surface area contributed by atoms with E-state index in [2.05, 4.69) is 10.6 Å². The Morgan fingerprint density at radius 3 is 2.14 bits per heavy atom. The van der Waals surface area contributed by atoms with Crippen molar-refractivity contribution in [2.75, 3.05) is 0 Å². The van der Waals surface area contributed by atoms with Crippen molar-refractivity contribution in [2.24, 2.45) is 0 Å². The van der Waals surface area contributed by atoms with Crippen LogP contribution < -0.4 is 10.6 Å². The Labute approximate surface area is 220 Å². The highest BCUT2D eigenvalue weighted by atomic mass is 35.5. The van der Waals surface area contributed by atoms with E-state index in [0.29, 0.717) is 17.1 Å². The molecule has 1 aliphatic heterocycles. The van der Waals surface area contributed by atoms with Crippen molar-refractivity contribution in [3.63, 3.8) is 0 Å². The lowest BCUT2D eigenvalue weighted by Gasteiger charge is -2.28. The predicted molar refractivity (Wildman–Crippen MR) is 144 cm³/mol. The predicted octanol–water partition coefficient (Wildman–Crippen LogP) is 5.08. The SMILES string of the molecule is N=C1NC(c2ccccc2)(c2ccccc2)C(=O)N1Cc1cccc(C(=O)NCc2ccccc2Cl)c1. The number of benzene rings is 4. The lowest BCUT2D eigenvalue weighted by molar-refractivity contribution is -0.130. The highest BCUT2D eigenvalue weighted by Crippen LogP contribution is 2.36. The van der Waals surface area contributed by atoms with E-state index in [-0.39, 0.29) is 24.3 Å². The highest BCUT2D eigenvalue weighted by molar-refractivity contribution is 6.31. The number of halogens is 1. The van der Waals surface area contributed by atoms with E-state index in [0.717, 1.165) is 22.3 Å². The van der Waals surface area contributed by atoms with E-state index in [9.17, 15) is 9.59 Å². The minimum Gasteiger partial charge on any atom is -0.348 e. The summed E-state index contributed by atoms with van der Waals surface area (Å²) in [6.45, 7) is 0.455. The van der Waals surface area contributed by atoms with Crippen LogP contribution in [-0.2, 0) is 23.4 Å². The van der Waals surface area contributed by atoms with Crippen molar-refractivity contribution in [1.82, 2.24) is 15.5 Å². The number of carbonyl (C=O) groups is 2. The minimum absolute atomic E-state index is 0.00581. The van der Waals surface area contributed by atoms with Gasteiger partial charge in [-0.05, 0) is 40.5 Å². The van der Waals surface area contributed by atoms with E-state index in [1.165, 1.54) is 4.90 Å². The molecule has 0 aliphatic carbocycles. The number of rotatable bonds is 7. The molecule has 1 aliphatic rings. The number of amides is 2. The third kappa shape index (κ3) is 4.71. The number of carbonyl (C=O) groups excluding carboxylic acids is 2. The zero-order valence-corrected chi connectivity index (χ0v) is 20.7. The third-order valence-electron chi connectivity index (χ3n) is 6.48. The first-order valence-corrected chi connectivity index (χ1v) is 12.3. The second-order valence-electron chi connectivity index (χ2n) is 8.82. The van der Waals surface area contributed by atoms with Gasteiger partial charge in [0, 0.05) is 17.1 Å². The zero-order valence-electron chi connectivity index (χ0n) is 19.9. The molecule has 0 atom stereocenters. The molecule has 4 aromatic carbocycles. The van der Waals surface area contributed by atoms with Gasteiger partial charge in [-0.3, -0.25) is 19.9 Å². The minimum atomic E-state index is -1.20. The van der Waals surface area contributed by atoms with Crippen molar-refractivity contribution in [3.05, 3.63) is 142 Å². The molecule has 0 bridgehead atoms. The smallest absolute Gasteiger partial charge is 0.264 e. The van der Waals surface area contributed by atoms with E-state index in [4.69, 9.17) is 17.0 Å². The lowest BCUT2D eigenvalue weighted by Crippen LogP contribution is -2.45. The van der Waals surface area contributed by atoms with Crippen LogP contribution in [0.25, 0.3) is 0 Å². The van der Waals surface area contributed by atoms with Crippen LogP contribution in [0.1, 0.15) is 32.6 Å². The average molecular weight is 509 g/mol. The lowest BCUT2D eigenvalue weighted by atomic mass is 9.82. The zero-order chi connectivity index (χ0) is 25.8. The van der Waals surface area contributed by atoms with Gasteiger partial charge >= 0.3 is 0 Å². The van der Waals surface area contributed by atoms with E-state index in [1.807, 2.05) is 84.9 Å². The summed E-state index contributed by atoms with van der Waals surface area (Å²) < 4.78 is 0. The maximum atomic E-state index is 14.0. The fourth-order valence-corrected chi connectivity index (χ4v) is 4.80. The Morgan fingerprint density at radius 2 is 1.49 bits per heavy atom. The summed E-state index contributed by atoms with van der Waals surface area (Å²) in [5.41, 5.74) is 2.34. The van der Waals surface area contributed by atoms with Gasteiger partial charge in [-0.15, -0.1) is 0 Å². The van der Waals surface area contributed by atoms with Gasteiger partial charge in [-0.25, -0.2) is 0 Å². The molecule has 0 spiro atoms. The van der Waals surface area contributed by atoms with Gasteiger partial charge in [0.25, 0.3) is 11.8 Å². The molecule has 184 valence electrons. The van der Waals surface area contributed by atoms with Crippen LogP contribution in [0.4, 0.5) is 0 Å². The summed E-state index contributed by atoms with van der Waals surface area (Å²) in [5, 5.41) is 15.3. The maximum absolute atomic E-state index is 14.0. The van der Waals surface area contributed by atoms with Gasteiger partial charge in [0.05, 0.1) is 6.54 Å². The van der Waals surface area contributed by atoms with Gasteiger partial charge in [-0.1, -0.05) is 103 Å². The summed E-state index contributed by atoms with van der Waals surface area (Å²) in [6.07, 6.45) is 0. The van der Waals surface area contributed by atoms with Crippen molar-refractivity contribution >= 4 is 29.4 Å². The fraction of sp³-hybridized carbons (Fsp3) is 0.100. The molecule has 3 N–H and O–H groups in total. The summed E-state index contributed by atoms with van der Waals surface area (Å²) >= 11 is 6.20. The molecule has 7 heteroatoms. The molecule has 37 heavy (non-hydrogen) atoms. The first kappa shape index (κ1) is 24.3. The quantitative estimate of drug-likeness (QED) is 0.325. The summed E-state index contributed by atoms with van der Waals surface area (Å²) in [4.78, 5) is 28.2.